The molecule has 2 rings (SSSR count). The summed E-state index contributed by atoms with van der Waals surface area (Å²) in [6.07, 6.45) is 1.03. The van der Waals surface area contributed by atoms with Crippen molar-refractivity contribution >= 4 is 11.8 Å². The molecule has 0 saturated carbocycles. The molecule has 1 saturated heterocycles. The van der Waals surface area contributed by atoms with Gasteiger partial charge < -0.3 is 20.6 Å². The summed E-state index contributed by atoms with van der Waals surface area (Å²) in [6, 6.07) is 4.99. The third-order valence-electron chi connectivity index (χ3n) is 3.14. The normalized spacial score (nSPS) is 16.2. The van der Waals surface area contributed by atoms with E-state index >= 15 is 0 Å². The van der Waals surface area contributed by atoms with Crippen LogP contribution in [0.25, 0.3) is 0 Å². The van der Waals surface area contributed by atoms with Crippen LogP contribution in [0, 0.1) is 0 Å². The fourth-order valence-electron chi connectivity index (χ4n) is 2.11. The summed E-state index contributed by atoms with van der Waals surface area (Å²) in [5.74, 6) is -0.371. The fourth-order valence-corrected chi connectivity index (χ4v) is 2.11. The molecule has 6 heteroatoms. The van der Waals surface area contributed by atoms with Gasteiger partial charge in [0.15, 0.2) is 5.69 Å². The highest BCUT2D eigenvalue weighted by Crippen LogP contribution is 2.05. The van der Waals surface area contributed by atoms with Gasteiger partial charge in [-0.1, -0.05) is 6.07 Å². The zero-order valence-electron chi connectivity index (χ0n) is 10.9. The van der Waals surface area contributed by atoms with Crippen molar-refractivity contribution in [3.63, 3.8) is 0 Å². The molecule has 19 heavy (non-hydrogen) atoms. The summed E-state index contributed by atoms with van der Waals surface area (Å²) in [6.45, 7) is 6.21. The van der Waals surface area contributed by atoms with Gasteiger partial charge in [-0.25, -0.2) is 9.78 Å². The third-order valence-corrected chi connectivity index (χ3v) is 3.14. The van der Waals surface area contributed by atoms with E-state index in [1.165, 1.54) is 6.07 Å². The Kier molecular flexibility index (Phi) is 5.11. The number of carbonyl (C=O) groups is 1. The van der Waals surface area contributed by atoms with Crippen molar-refractivity contribution in [3.8, 4) is 0 Å². The van der Waals surface area contributed by atoms with Crippen LogP contribution in [0.1, 0.15) is 16.9 Å². The maximum absolute atomic E-state index is 10.8. The van der Waals surface area contributed by atoms with E-state index in [4.69, 9.17) is 5.11 Å². The lowest BCUT2D eigenvalue weighted by atomic mass is 10.3. The number of hydrogen-bond acceptors (Lipinski definition) is 5. The molecule has 104 valence electrons. The van der Waals surface area contributed by atoms with Gasteiger partial charge in [0.2, 0.25) is 0 Å². The number of rotatable bonds is 6. The van der Waals surface area contributed by atoms with Gasteiger partial charge in [0, 0.05) is 32.7 Å². The lowest BCUT2D eigenvalue weighted by Crippen LogP contribution is -2.44. The number of anilines is 1. The monoisotopic (exact) mass is 264 g/mol. The van der Waals surface area contributed by atoms with Gasteiger partial charge >= 0.3 is 5.97 Å². The van der Waals surface area contributed by atoms with Gasteiger partial charge in [0.1, 0.15) is 5.82 Å². The summed E-state index contributed by atoms with van der Waals surface area (Å²) in [5, 5.41) is 15.3. The van der Waals surface area contributed by atoms with Gasteiger partial charge in [0.25, 0.3) is 0 Å². The maximum Gasteiger partial charge on any atom is 0.354 e. The summed E-state index contributed by atoms with van der Waals surface area (Å²) in [5.41, 5.74) is 0.0760. The van der Waals surface area contributed by atoms with Crippen LogP contribution in [0.3, 0.4) is 0 Å². The standard InChI is InChI=1S/C13H20N4O2/c18-13(19)11-3-1-4-12(16-11)15-5-2-8-17-9-6-14-7-10-17/h1,3-4,14H,2,5-10H2,(H,15,16)(H,18,19). The molecule has 0 radical (unpaired) electrons. The molecule has 1 aromatic rings. The summed E-state index contributed by atoms with van der Waals surface area (Å²) in [4.78, 5) is 17.2. The molecule has 0 aromatic carbocycles. The molecule has 0 unspecified atom stereocenters. The van der Waals surface area contributed by atoms with Gasteiger partial charge in [-0.3, -0.25) is 0 Å². The average Bonchev–Trinajstić information content (AvgIpc) is 2.45. The predicted octanol–water partition coefficient (Wildman–Crippen LogP) is 0.487. The van der Waals surface area contributed by atoms with E-state index in [0.29, 0.717) is 5.82 Å². The Morgan fingerprint density at radius 3 is 2.95 bits per heavy atom. The minimum Gasteiger partial charge on any atom is -0.477 e. The van der Waals surface area contributed by atoms with Crippen molar-refractivity contribution in [2.24, 2.45) is 0 Å². The summed E-state index contributed by atoms with van der Waals surface area (Å²) >= 11 is 0. The molecule has 6 nitrogen and oxygen atoms in total. The number of nitrogens with one attached hydrogen (secondary N) is 2. The van der Waals surface area contributed by atoms with E-state index in [1.807, 2.05) is 0 Å². The highest BCUT2D eigenvalue weighted by Gasteiger charge is 2.08. The highest BCUT2D eigenvalue weighted by molar-refractivity contribution is 5.85. The number of pyridine rings is 1. The van der Waals surface area contributed by atoms with Crippen molar-refractivity contribution in [2.45, 2.75) is 6.42 Å². The molecule has 0 atom stereocenters. The number of piperazine rings is 1. The highest BCUT2D eigenvalue weighted by atomic mass is 16.4. The minimum atomic E-state index is -0.996. The van der Waals surface area contributed by atoms with Crippen molar-refractivity contribution in [2.75, 3.05) is 44.6 Å². The molecule has 0 aliphatic carbocycles. The van der Waals surface area contributed by atoms with Crippen LogP contribution in [-0.2, 0) is 0 Å². The minimum absolute atomic E-state index is 0.0760. The van der Waals surface area contributed by atoms with Crippen LogP contribution in [0.5, 0.6) is 0 Å². The molecular formula is C13H20N4O2. The molecule has 1 aliphatic rings. The first-order chi connectivity index (χ1) is 9.25. The average molecular weight is 264 g/mol. The Balaban J connectivity index is 1.70. The van der Waals surface area contributed by atoms with Gasteiger partial charge in [-0.15, -0.1) is 0 Å². The summed E-state index contributed by atoms with van der Waals surface area (Å²) in [7, 11) is 0. The SMILES string of the molecule is O=C(O)c1cccc(NCCCN2CCNCC2)n1. The molecule has 1 aliphatic heterocycles. The van der Waals surface area contributed by atoms with Crippen LogP contribution in [0.2, 0.25) is 0 Å². The number of aromatic carboxylic acids is 1. The zero-order valence-corrected chi connectivity index (χ0v) is 10.9. The lowest BCUT2D eigenvalue weighted by Gasteiger charge is -2.27. The number of nitrogens with zero attached hydrogens (tertiary/aromatic N) is 2. The van der Waals surface area contributed by atoms with Crippen LogP contribution in [-0.4, -0.2) is 60.2 Å². The Bertz CT molecular complexity index is 419. The molecule has 0 spiro atoms. The van der Waals surface area contributed by atoms with Crippen molar-refractivity contribution < 1.29 is 9.90 Å². The van der Waals surface area contributed by atoms with Crippen LogP contribution < -0.4 is 10.6 Å². The summed E-state index contributed by atoms with van der Waals surface area (Å²) < 4.78 is 0. The van der Waals surface area contributed by atoms with E-state index in [-0.39, 0.29) is 5.69 Å². The number of hydrogen-bond donors (Lipinski definition) is 3. The van der Waals surface area contributed by atoms with Crippen molar-refractivity contribution in [1.29, 1.82) is 0 Å². The maximum atomic E-state index is 10.8. The van der Waals surface area contributed by atoms with E-state index in [9.17, 15) is 4.79 Å². The fraction of sp³-hybridized carbons (Fsp3) is 0.538. The second-order valence-corrected chi connectivity index (χ2v) is 4.59. The molecule has 0 bridgehead atoms. The molecular weight excluding hydrogens is 244 g/mol. The molecule has 2 heterocycles. The van der Waals surface area contributed by atoms with Crippen LogP contribution >= 0.6 is 0 Å². The predicted molar refractivity (Wildman–Crippen MR) is 73.6 cm³/mol. The van der Waals surface area contributed by atoms with Gasteiger partial charge in [-0.2, -0.15) is 0 Å². The topological polar surface area (TPSA) is 77.5 Å². The van der Waals surface area contributed by atoms with Crippen molar-refractivity contribution in [1.82, 2.24) is 15.2 Å². The van der Waals surface area contributed by atoms with Gasteiger partial charge in [0.05, 0.1) is 0 Å². The van der Waals surface area contributed by atoms with E-state index in [2.05, 4.69) is 20.5 Å². The van der Waals surface area contributed by atoms with E-state index in [1.54, 1.807) is 12.1 Å². The number of carboxylic acids is 1. The first-order valence-electron chi connectivity index (χ1n) is 6.63. The Morgan fingerprint density at radius 2 is 2.21 bits per heavy atom. The number of carboxylic acid groups (broad SMARTS) is 1. The molecule has 1 aromatic heterocycles. The smallest absolute Gasteiger partial charge is 0.354 e. The second kappa shape index (κ2) is 7.06. The zero-order chi connectivity index (χ0) is 13.5. The quantitative estimate of drug-likeness (QED) is 0.649. The first kappa shape index (κ1) is 13.8. The van der Waals surface area contributed by atoms with Crippen LogP contribution in [0.4, 0.5) is 5.82 Å². The molecule has 3 N–H and O–H groups in total. The molecule has 0 amide bonds. The van der Waals surface area contributed by atoms with E-state index < -0.39 is 5.97 Å². The van der Waals surface area contributed by atoms with E-state index in [0.717, 1.165) is 45.7 Å². The van der Waals surface area contributed by atoms with Gasteiger partial charge in [-0.05, 0) is 25.1 Å². The largest absolute Gasteiger partial charge is 0.477 e. The Morgan fingerprint density at radius 1 is 1.42 bits per heavy atom. The second-order valence-electron chi connectivity index (χ2n) is 4.59. The first-order valence-corrected chi connectivity index (χ1v) is 6.63. The lowest BCUT2D eigenvalue weighted by molar-refractivity contribution is 0.0690. The third kappa shape index (κ3) is 4.50. The van der Waals surface area contributed by atoms with Crippen LogP contribution in [0.15, 0.2) is 18.2 Å². The Labute approximate surface area is 112 Å². The molecule has 1 fully saturated rings. The van der Waals surface area contributed by atoms with Crippen molar-refractivity contribution in [3.05, 3.63) is 23.9 Å². The Hall–Kier alpha value is -1.66. The number of aromatic nitrogens is 1.